The number of carbonyl (C=O) groups excluding carboxylic acids is 1. The van der Waals surface area contributed by atoms with Crippen molar-refractivity contribution in [2.24, 2.45) is 17.2 Å². The Bertz CT molecular complexity index is 320. The Morgan fingerprint density at radius 3 is 1.85 bits per heavy atom. The minimum atomic E-state index is -0.542. The van der Waals surface area contributed by atoms with Crippen LogP contribution in [-0.2, 0) is 4.79 Å². The molecule has 0 aliphatic heterocycles. The number of nitrogens with one attached hydrogen (secondary N) is 5. The highest BCUT2D eigenvalue weighted by Gasteiger charge is 2.11. The van der Waals surface area contributed by atoms with Gasteiger partial charge in [-0.25, -0.2) is 0 Å². The normalized spacial score (nSPS) is 11.4. The van der Waals surface area contributed by atoms with Crippen LogP contribution in [0.2, 0.25) is 0 Å². The van der Waals surface area contributed by atoms with E-state index in [0.29, 0.717) is 32.5 Å². The van der Waals surface area contributed by atoms with E-state index in [-0.39, 0.29) is 17.8 Å². The molecule has 20 heavy (non-hydrogen) atoms. The van der Waals surface area contributed by atoms with Crippen LogP contribution < -0.4 is 33.2 Å². The van der Waals surface area contributed by atoms with Gasteiger partial charge in [-0.05, 0) is 25.7 Å². The third-order valence-electron chi connectivity index (χ3n) is 2.56. The zero-order valence-corrected chi connectivity index (χ0v) is 11.7. The Morgan fingerprint density at radius 1 is 0.900 bits per heavy atom. The molecule has 9 nitrogen and oxygen atoms in total. The van der Waals surface area contributed by atoms with Gasteiger partial charge in [0.15, 0.2) is 11.9 Å². The van der Waals surface area contributed by atoms with Crippen LogP contribution in [0, 0.1) is 10.8 Å². The quantitative estimate of drug-likeness (QED) is 0.130. The van der Waals surface area contributed by atoms with Crippen molar-refractivity contribution >= 4 is 17.8 Å². The topological polar surface area (TPSA) is 179 Å². The molecule has 1 atom stereocenters. The fourth-order valence-electron chi connectivity index (χ4n) is 1.49. The molecule has 0 aliphatic carbocycles. The molecule has 0 aromatic carbocycles. The molecule has 0 saturated heterocycles. The molecule has 0 saturated carbocycles. The molecule has 0 aliphatic rings. The van der Waals surface area contributed by atoms with Gasteiger partial charge < -0.3 is 33.2 Å². The van der Waals surface area contributed by atoms with E-state index in [1.54, 1.807) is 0 Å². The smallest absolute Gasteiger partial charge is 0.236 e. The maximum atomic E-state index is 11.6. The van der Waals surface area contributed by atoms with Crippen molar-refractivity contribution in [2.45, 2.75) is 31.7 Å². The zero-order chi connectivity index (χ0) is 15.4. The van der Waals surface area contributed by atoms with Crippen LogP contribution in [0.1, 0.15) is 25.7 Å². The molecule has 0 heterocycles. The van der Waals surface area contributed by atoms with E-state index < -0.39 is 6.04 Å². The van der Waals surface area contributed by atoms with Gasteiger partial charge in [-0.2, -0.15) is 0 Å². The Labute approximate surface area is 119 Å². The maximum absolute atomic E-state index is 11.6. The number of hydrogen-bond acceptors (Lipinski definition) is 4. The third-order valence-corrected chi connectivity index (χ3v) is 2.56. The van der Waals surface area contributed by atoms with E-state index in [9.17, 15) is 4.79 Å². The lowest BCUT2D eigenvalue weighted by Gasteiger charge is -2.12. The molecule has 9 heteroatoms. The predicted octanol–water partition coefficient (Wildman–Crippen LogP) is -2.04. The number of amides is 1. The van der Waals surface area contributed by atoms with Gasteiger partial charge in [0.1, 0.15) is 0 Å². The highest BCUT2D eigenvalue weighted by Crippen LogP contribution is 1.94. The van der Waals surface area contributed by atoms with Crippen LogP contribution in [0.3, 0.4) is 0 Å². The highest BCUT2D eigenvalue weighted by atomic mass is 16.2. The molecule has 0 aromatic rings. The van der Waals surface area contributed by atoms with Crippen LogP contribution in [0.5, 0.6) is 0 Å². The van der Waals surface area contributed by atoms with Crippen molar-refractivity contribution in [2.75, 3.05) is 19.6 Å². The standard InChI is InChI=1S/C11H26N8O/c12-8(4-3-7-19-11(15)16)9(20)17-5-1-2-6-18-10(13)14/h8H,1-7,12H2,(H,17,20)(H4,13,14,18)(H4,15,16,19). The largest absolute Gasteiger partial charge is 0.370 e. The van der Waals surface area contributed by atoms with Gasteiger partial charge in [0.05, 0.1) is 6.04 Å². The number of unbranched alkanes of at least 4 members (excludes halogenated alkanes) is 1. The van der Waals surface area contributed by atoms with Gasteiger partial charge >= 0.3 is 0 Å². The number of hydrogen-bond donors (Lipinski definition) is 8. The summed E-state index contributed by atoms with van der Waals surface area (Å²) in [5, 5.41) is 22.0. The maximum Gasteiger partial charge on any atom is 0.236 e. The first-order valence-corrected chi connectivity index (χ1v) is 6.62. The van der Waals surface area contributed by atoms with Gasteiger partial charge in [0.2, 0.25) is 5.91 Å². The number of rotatable bonds is 10. The van der Waals surface area contributed by atoms with Crippen molar-refractivity contribution < 1.29 is 4.79 Å². The second-order valence-electron chi connectivity index (χ2n) is 4.43. The van der Waals surface area contributed by atoms with E-state index in [1.807, 2.05) is 0 Å². The summed E-state index contributed by atoms with van der Waals surface area (Å²) in [6, 6.07) is -0.542. The first-order valence-electron chi connectivity index (χ1n) is 6.62. The van der Waals surface area contributed by atoms with Crippen molar-refractivity contribution in [1.82, 2.24) is 16.0 Å². The van der Waals surface area contributed by atoms with Crippen molar-refractivity contribution in [3.05, 3.63) is 0 Å². The highest BCUT2D eigenvalue weighted by molar-refractivity contribution is 5.81. The summed E-state index contributed by atoms with van der Waals surface area (Å²) in [4.78, 5) is 11.6. The fraction of sp³-hybridized carbons (Fsp3) is 0.727. The van der Waals surface area contributed by atoms with Crippen LogP contribution in [0.15, 0.2) is 0 Å². The summed E-state index contributed by atoms with van der Waals surface area (Å²) in [5.74, 6) is -0.301. The van der Waals surface area contributed by atoms with Crippen molar-refractivity contribution in [3.8, 4) is 0 Å². The Hall–Kier alpha value is -2.03. The van der Waals surface area contributed by atoms with E-state index in [4.69, 9.17) is 28.0 Å². The van der Waals surface area contributed by atoms with Crippen LogP contribution in [0.4, 0.5) is 0 Å². The van der Waals surface area contributed by atoms with Crippen LogP contribution in [0.25, 0.3) is 0 Å². The van der Waals surface area contributed by atoms with Gasteiger partial charge in [-0.15, -0.1) is 0 Å². The van der Waals surface area contributed by atoms with E-state index >= 15 is 0 Å². The molecule has 0 spiro atoms. The molecular weight excluding hydrogens is 260 g/mol. The SMILES string of the molecule is N=C(N)NCCCCNC(=O)C(N)CCCNC(=N)N. The molecule has 11 N–H and O–H groups in total. The lowest BCUT2D eigenvalue weighted by molar-refractivity contribution is -0.122. The predicted molar refractivity (Wildman–Crippen MR) is 79.3 cm³/mol. The average molecular weight is 286 g/mol. The second-order valence-corrected chi connectivity index (χ2v) is 4.43. The number of carbonyl (C=O) groups is 1. The second kappa shape index (κ2) is 10.9. The Balaban J connectivity index is 3.50. The lowest BCUT2D eigenvalue weighted by atomic mass is 10.1. The first-order chi connectivity index (χ1) is 9.43. The van der Waals surface area contributed by atoms with E-state index in [2.05, 4.69) is 16.0 Å². The van der Waals surface area contributed by atoms with E-state index in [0.717, 1.165) is 12.8 Å². The number of nitrogens with two attached hydrogens (primary N) is 3. The van der Waals surface area contributed by atoms with Crippen LogP contribution >= 0.6 is 0 Å². The summed E-state index contributed by atoms with van der Waals surface area (Å²) in [6.07, 6.45) is 2.83. The van der Waals surface area contributed by atoms with Gasteiger partial charge in [0.25, 0.3) is 0 Å². The monoisotopic (exact) mass is 286 g/mol. The zero-order valence-electron chi connectivity index (χ0n) is 11.7. The van der Waals surface area contributed by atoms with Crippen LogP contribution in [-0.4, -0.2) is 43.5 Å². The Kier molecular flexibility index (Phi) is 9.75. The average Bonchev–Trinajstić information content (AvgIpc) is 2.37. The van der Waals surface area contributed by atoms with Gasteiger partial charge in [0, 0.05) is 19.6 Å². The molecule has 0 bridgehead atoms. The summed E-state index contributed by atoms with van der Waals surface area (Å²) >= 11 is 0. The molecule has 116 valence electrons. The molecular formula is C11H26N8O. The van der Waals surface area contributed by atoms with E-state index in [1.165, 1.54) is 0 Å². The summed E-state index contributed by atoms with van der Waals surface area (Å²) in [6.45, 7) is 1.71. The van der Waals surface area contributed by atoms with Gasteiger partial charge in [-0.1, -0.05) is 0 Å². The number of guanidine groups is 2. The minimum absolute atomic E-state index is 0.0461. The van der Waals surface area contributed by atoms with Crippen molar-refractivity contribution in [1.29, 1.82) is 10.8 Å². The summed E-state index contributed by atoms with van der Waals surface area (Å²) in [7, 11) is 0. The minimum Gasteiger partial charge on any atom is -0.370 e. The molecule has 0 rings (SSSR count). The third kappa shape index (κ3) is 11.1. The Morgan fingerprint density at radius 2 is 1.35 bits per heavy atom. The molecule has 0 radical (unpaired) electrons. The molecule has 1 unspecified atom stereocenters. The first kappa shape index (κ1) is 18.0. The summed E-state index contributed by atoms with van der Waals surface area (Å²) < 4.78 is 0. The van der Waals surface area contributed by atoms with Gasteiger partial charge in [-0.3, -0.25) is 15.6 Å². The van der Waals surface area contributed by atoms with Crippen molar-refractivity contribution in [3.63, 3.8) is 0 Å². The lowest BCUT2D eigenvalue weighted by Crippen LogP contribution is -2.41. The molecule has 0 aromatic heterocycles. The summed E-state index contributed by atoms with van der Waals surface area (Å²) in [5.41, 5.74) is 16.0. The molecule has 1 amide bonds. The fourth-order valence-corrected chi connectivity index (χ4v) is 1.49. The molecule has 0 fully saturated rings.